The van der Waals surface area contributed by atoms with Crippen LogP contribution in [0.1, 0.15) is 32.6 Å². The molecule has 0 spiro atoms. The minimum Gasteiger partial charge on any atom is -0.478 e. The van der Waals surface area contributed by atoms with Gasteiger partial charge in [-0.3, -0.25) is 4.98 Å². The summed E-state index contributed by atoms with van der Waals surface area (Å²) in [5.74, 6) is -1.12. The number of ether oxygens (including phenoxy) is 2. The van der Waals surface area contributed by atoms with Gasteiger partial charge in [0.05, 0.1) is 33.6 Å². The Kier molecular flexibility index (Phi) is 11.8. The van der Waals surface area contributed by atoms with Crippen LogP contribution in [-0.2, 0) is 25.1 Å². The topological polar surface area (TPSA) is 87.2 Å². The van der Waals surface area contributed by atoms with E-state index in [2.05, 4.69) is 10.3 Å². The van der Waals surface area contributed by atoms with Gasteiger partial charge >= 0.3 is 24.5 Å². The average molecular weight is 853 g/mol. The van der Waals surface area contributed by atoms with Crippen molar-refractivity contribution in [2.45, 2.75) is 25.1 Å². The zero-order valence-corrected chi connectivity index (χ0v) is 31.6. The Bertz CT molecular complexity index is 2490. The summed E-state index contributed by atoms with van der Waals surface area (Å²) in [5, 5.41) is 12.1. The van der Waals surface area contributed by atoms with Gasteiger partial charge in [-0.2, -0.15) is 39.5 Å². The Morgan fingerprint density at radius 1 is 0.623 bits per heavy atom. The summed E-state index contributed by atoms with van der Waals surface area (Å²) in [6.45, 7) is -0.337. The number of anilines is 3. The van der Waals surface area contributed by atoms with Gasteiger partial charge in [-0.1, -0.05) is 18.2 Å². The van der Waals surface area contributed by atoms with Gasteiger partial charge in [0.1, 0.15) is 17.2 Å². The van der Waals surface area contributed by atoms with Gasteiger partial charge in [-0.25, -0.2) is 4.79 Å². The van der Waals surface area contributed by atoms with Crippen LogP contribution < -0.4 is 24.6 Å². The minimum atomic E-state index is -4.94. The second-order valence-corrected chi connectivity index (χ2v) is 13.9. The number of hydrogen-bond acceptors (Lipinski definition) is 7. The summed E-state index contributed by atoms with van der Waals surface area (Å²) in [7, 11) is 0. The number of benzene rings is 5. The maximum absolute atomic E-state index is 15.0. The van der Waals surface area contributed by atoms with E-state index in [0.717, 1.165) is 47.5 Å². The lowest BCUT2D eigenvalue weighted by Crippen LogP contribution is -2.47. The minimum absolute atomic E-state index is 0.00938. The number of halogens is 9. The number of pyridine rings is 1. The predicted octanol–water partition coefficient (Wildman–Crippen LogP) is 12.0. The second kappa shape index (κ2) is 17.0. The number of carboxylic acid groups (broad SMARTS) is 1. The van der Waals surface area contributed by atoms with E-state index >= 15 is 0 Å². The van der Waals surface area contributed by atoms with Crippen molar-refractivity contribution in [3.05, 3.63) is 155 Å². The van der Waals surface area contributed by atoms with Crippen LogP contribution in [0, 0.1) is 0 Å². The Balaban J connectivity index is 1.23. The highest BCUT2D eigenvalue weighted by Crippen LogP contribution is 2.45. The fraction of sp³-hybridized carbons (Fsp3) is 0.182. The van der Waals surface area contributed by atoms with Crippen LogP contribution in [0.5, 0.6) is 23.0 Å². The van der Waals surface area contributed by atoms with E-state index in [1.807, 2.05) is 0 Å². The van der Waals surface area contributed by atoms with E-state index in [4.69, 9.17) is 9.47 Å². The fourth-order valence-corrected chi connectivity index (χ4v) is 6.73. The number of aromatic nitrogens is 1. The van der Waals surface area contributed by atoms with E-state index < -0.39 is 47.7 Å². The van der Waals surface area contributed by atoms with Crippen LogP contribution in [0.4, 0.5) is 56.6 Å². The Hall–Kier alpha value is -6.91. The number of nitrogens with zero attached hydrogens (tertiary/aromatic N) is 3. The summed E-state index contributed by atoms with van der Waals surface area (Å²) < 4.78 is 139. The summed E-state index contributed by atoms with van der Waals surface area (Å²) in [5.41, 5.74) is -1.80. The third-order valence-corrected chi connectivity index (χ3v) is 9.84. The molecule has 17 heteroatoms. The van der Waals surface area contributed by atoms with E-state index in [1.54, 1.807) is 53.7 Å². The fourth-order valence-electron chi connectivity index (χ4n) is 6.73. The Morgan fingerprint density at radius 3 is 1.80 bits per heavy atom. The molecule has 0 unspecified atom stereocenters. The van der Waals surface area contributed by atoms with Crippen molar-refractivity contribution in [2.75, 3.05) is 41.3 Å². The van der Waals surface area contributed by atoms with Gasteiger partial charge in [0.25, 0.3) is 0 Å². The Labute approximate surface area is 342 Å². The van der Waals surface area contributed by atoms with Gasteiger partial charge in [0.2, 0.25) is 0 Å². The molecular weight excluding hydrogens is 819 g/mol. The third kappa shape index (κ3) is 10.1. The molecular formula is C44H33F9N4O4. The average Bonchev–Trinajstić information content (AvgIpc) is 3.23. The zero-order valence-electron chi connectivity index (χ0n) is 31.6. The van der Waals surface area contributed by atoms with Gasteiger partial charge in [0.15, 0.2) is 5.75 Å². The molecule has 1 aliphatic rings. The van der Waals surface area contributed by atoms with E-state index in [-0.39, 0.29) is 77.4 Å². The molecule has 1 fully saturated rings. The molecule has 1 aromatic heterocycles. The molecule has 6 aromatic rings. The monoisotopic (exact) mass is 852 g/mol. The van der Waals surface area contributed by atoms with Crippen molar-refractivity contribution >= 4 is 23.0 Å². The van der Waals surface area contributed by atoms with Crippen LogP contribution in [0.2, 0.25) is 0 Å². The van der Waals surface area contributed by atoms with E-state index in [9.17, 15) is 49.4 Å². The van der Waals surface area contributed by atoms with Gasteiger partial charge in [-0.05, 0) is 102 Å². The summed E-state index contributed by atoms with van der Waals surface area (Å²) in [6.07, 6.45) is -11.1. The lowest BCUT2D eigenvalue weighted by atomic mass is 10.1. The molecule has 5 aromatic carbocycles. The van der Waals surface area contributed by atoms with E-state index in [0.29, 0.717) is 0 Å². The second-order valence-electron chi connectivity index (χ2n) is 13.9. The molecule has 61 heavy (non-hydrogen) atoms. The molecule has 0 atom stereocenters. The van der Waals surface area contributed by atoms with Crippen molar-refractivity contribution in [1.29, 1.82) is 0 Å². The largest absolute Gasteiger partial charge is 0.478 e. The van der Waals surface area contributed by atoms with Crippen LogP contribution in [-0.4, -0.2) is 42.2 Å². The first-order chi connectivity index (χ1) is 28.9. The normalized spacial score (nSPS) is 13.5. The number of alkyl halides is 9. The van der Waals surface area contributed by atoms with Crippen LogP contribution in [0.3, 0.4) is 0 Å². The SMILES string of the molecule is O=C(O)c1ccc(Oc2ccc(C(F)(F)F)cc2CNc2cc(C(F)(F)F)c(N3CCN(c4cccc(C(F)(F)F)c4)CC3)cc2Oc2ccc(-c3ccncc3)cc2)cc1. The van der Waals surface area contributed by atoms with Crippen molar-refractivity contribution < 1.29 is 58.9 Å². The summed E-state index contributed by atoms with van der Waals surface area (Å²) in [4.78, 5) is 18.4. The van der Waals surface area contributed by atoms with Crippen molar-refractivity contribution in [2.24, 2.45) is 0 Å². The van der Waals surface area contributed by atoms with Crippen molar-refractivity contribution in [1.82, 2.24) is 4.98 Å². The molecule has 0 bridgehead atoms. The smallest absolute Gasteiger partial charge is 0.418 e. The number of piperazine rings is 1. The maximum atomic E-state index is 15.0. The number of carboxylic acids is 1. The first-order valence-electron chi connectivity index (χ1n) is 18.5. The molecule has 0 saturated carbocycles. The van der Waals surface area contributed by atoms with E-state index in [1.165, 1.54) is 47.4 Å². The molecule has 0 amide bonds. The van der Waals surface area contributed by atoms with Gasteiger partial charge in [0, 0.05) is 62.4 Å². The summed E-state index contributed by atoms with van der Waals surface area (Å²) in [6, 6.07) is 24.5. The first-order valence-corrected chi connectivity index (χ1v) is 18.5. The molecule has 2 heterocycles. The van der Waals surface area contributed by atoms with Crippen LogP contribution in [0.15, 0.2) is 128 Å². The van der Waals surface area contributed by atoms with Gasteiger partial charge in [-0.15, -0.1) is 0 Å². The number of carbonyl (C=O) groups is 1. The molecule has 316 valence electrons. The number of rotatable bonds is 11. The molecule has 0 radical (unpaired) electrons. The highest BCUT2D eigenvalue weighted by atomic mass is 19.4. The molecule has 0 aliphatic carbocycles. The number of aromatic carboxylic acids is 1. The lowest BCUT2D eigenvalue weighted by molar-refractivity contribution is -0.138. The zero-order chi connectivity index (χ0) is 43.5. The van der Waals surface area contributed by atoms with Crippen molar-refractivity contribution in [3.8, 4) is 34.1 Å². The molecule has 2 N–H and O–H groups in total. The van der Waals surface area contributed by atoms with Crippen molar-refractivity contribution in [3.63, 3.8) is 0 Å². The highest BCUT2D eigenvalue weighted by Gasteiger charge is 2.38. The maximum Gasteiger partial charge on any atom is 0.418 e. The predicted molar refractivity (Wildman–Crippen MR) is 209 cm³/mol. The highest BCUT2D eigenvalue weighted by molar-refractivity contribution is 5.87. The third-order valence-electron chi connectivity index (χ3n) is 9.84. The van der Waals surface area contributed by atoms with Crippen LogP contribution >= 0.6 is 0 Å². The standard InChI is InChI=1S/C44H33F9N4O4/c45-42(46,47)31-2-1-3-33(23-31)56-18-20-57(21-19-56)38-25-40(61-35-9-4-27(5-10-35)28-14-16-54-17-15-28)37(24-36(38)44(51,52)53)55-26-30-22-32(43(48,49)50)8-13-39(30)60-34-11-6-29(7-12-34)41(58)59/h1-17,22-25,55H,18-21,26H2,(H,58,59). The lowest BCUT2D eigenvalue weighted by Gasteiger charge is -2.38. The van der Waals surface area contributed by atoms with Crippen LogP contribution in [0.25, 0.3) is 11.1 Å². The molecule has 7 rings (SSSR count). The quantitative estimate of drug-likeness (QED) is 0.125. The number of hydrogen-bond donors (Lipinski definition) is 2. The first kappa shape index (κ1) is 42.2. The van der Waals surface area contributed by atoms with Gasteiger partial charge < -0.3 is 29.7 Å². The molecule has 1 saturated heterocycles. The number of nitrogens with one attached hydrogen (secondary N) is 1. The molecule has 1 aliphatic heterocycles. The Morgan fingerprint density at radius 2 is 1.20 bits per heavy atom. The summed E-state index contributed by atoms with van der Waals surface area (Å²) >= 11 is 0. The molecule has 8 nitrogen and oxygen atoms in total.